The number of carbonyl (C=O) groups excluding carboxylic acids is 3. The predicted molar refractivity (Wildman–Crippen MR) is 124 cm³/mol. The number of hydrogen-bond donors (Lipinski definition) is 1. The van der Waals surface area contributed by atoms with Gasteiger partial charge in [-0.1, -0.05) is 42.5 Å². The van der Waals surface area contributed by atoms with Crippen LogP contribution in [0, 0.1) is 5.82 Å². The lowest BCUT2D eigenvalue weighted by atomic mass is 10.1. The highest BCUT2D eigenvalue weighted by atomic mass is 19.1. The molecule has 33 heavy (non-hydrogen) atoms. The largest absolute Gasteiger partial charge is 0.337 e. The molecule has 7 heteroatoms. The highest BCUT2D eigenvalue weighted by Crippen LogP contribution is 2.20. The summed E-state index contributed by atoms with van der Waals surface area (Å²) in [7, 11) is 0. The molecule has 1 saturated heterocycles. The summed E-state index contributed by atoms with van der Waals surface area (Å²) in [5.74, 6) is -1.45. The van der Waals surface area contributed by atoms with E-state index in [0.29, 0.717) is 49.4 Å². The first kappa shape index (κ1) is 22.2. The molecule has 3 amide bonds. The molecular formula is C26H24FN3O3. The third-order valence-electron chi connectivity index (χ3n) is 5.62. The summed E-state index contributed by atoms with van der Waals surface area (Å²) in [6.07, 6.45) is 0.574. The van der Waals surface area contributed by atoms with Crippen LogP contribution in [0.15, 0.2) is 78.9 Å². The zero-order valence-corrected chi connectivity index (χ0v) is 18.0. The minimum absolute atomic E-state index is 0.0336. The quantitative estimate of drug-likeness (QED) is 0.658. The standard InChI is InChI=1S/C26H24FN3O3/c27-22-13-6-4-11-20(22)25(32)29-15-8-16-30(18-17-29)26(33)21-12-5-7-14-23(21)28-24(31)19-9-2-1-3-10-19/h1-7,9-14H,8,15-18H2,(H,28,31). The van der Waals surface area contributed by atoms with Crippen LogP contribution in [0.3, 0.4) is 0 Å². The Hall–Kier alpha value is -4.00. The summed E-state index contributed by atoms with van der Waals surface area (Å²) in [5.41, 5.74) is 1.35. The third-order valence-corrected chi connectivity index (χ3v) is 5.62. The predicted octanol–water partition coefficient (Wildman–Crippen LogP) is 4.07. The monoisotopic (exact) mass is 445 g/mol. The molecule has 0 aliphatic carbocycles. The first-order chi connectivity index (χ1) is 16.0. The van der Waals surface area contributed by atoms with E-state index >= 15 is 0 Å². The van der Waals surface area contributed by atoms with E-state index in [-0.39, 0.29) is 23.3 Å². The van der Waals surface area contributed by atoms with Crippen LogP contribution in [0.2, 0.25) is 0 Å². The molecule has 3 aromatic carbocycles. The number of halogens is 1. The SMILES string of the molecule is O=C(Nc1ccccc1C(=O)N1CCCN(C(=O)c2ccccc2F)CC1)c1ccccc1. The highest BCUT2D eigenvalue weighted by Gasteiger charge is 2.26. The smallest absolute Gasteiger partial charge is 0.256 e. The molecule has 3 aromatic rings. The average Bonchev–Trinajstić information content (AvgIpc) is 3.11. The van der Waals surface area contributed by atoms with E-state index in [1.165, 1.54) is 12.1 Å². The molecule has 1 N–H and O–H groups in total. The molecule has 1 aliphatic rings. The second-order valence-electron chi connectivity index (χ2n) is 7.78. The average molecular weight is 445 g/mol. The van der Waals surface area contributed by atoms with Gasteiger partial charge in [-0.05, 0) is 42.8 Å². The number of para-hydroxylation sites is 1. The first-order valence-electron chi connectivity index (χ1n) is 10.8. The van der Waals surface area contributed by atoms with Gasteiger partial charge in [-0.2, -0.15) is 0 Å². The van der Waals surface area contributed by atoms with Gasteiger partial charge in [0.25, 0.3) is 17.7 Å². The maximum Gasteiger partial charge on any atom is 0.256 e. The van der Waals surface area contributed by atoms with Gasteiger partial charge in [0.15, 0.2) is 0 Å². The molecule has 0 bridgehead atoms. The Labute approximate surface area is 191 Å². The molecule has 1 heterocycles. The molecule has 4 rings (SSSR count). The Bertz CT molecular complexity index is 1170. The second kappa shape index (κ2) is 10.1. The van der Waals surface area contributed by atoms with Crippen molar-refractivity contribution in [3.05, 3.63) is 101 Å². The maximum absolute atomic E-state index is 14.0. The van der Waals surface area contributed by atoms with Gasteiger partial charge >= 0.3 is 0 Å². The van der Waals surface area contributed by atoms with Crippen molar-refractivity contribution in [2.24, 2.45) is 0 Å². The summed E-state index contributed by atoms with van der Waals surface area (Å²) >= 11 is 0. The van der Waals surface area contributed by atoms with Gasteiger partial charge < -0.3 is 15.1 Å². The number of benzene rings is 3. The van der Waals surface area contributed by atoms with Crippen molar-refractivity contribution in [3.63, 3.8) is 0 Å². The number of carbonyl (C=O) groups is 3. The molecule has 168 valence electrons. The topological polar surface area (TPSA) is 69.7 Å². The third kappa shape index (κ3) is 5.09. The molecule has 0 saturated carbocycles. The van der Waals surface area contributed by atoms with Crippen LogP contribution < -0.4 is 5.32 Å². The van der Waals surface area contributed by atoms with Gasteiger partial charge in [0.05, 0.1) is 16.8 Å². The fourth-order valence-corrected chi connectivity index (χ4v) is 3.86. The lowest BCUT2D eigenvalue weighted by Gasteiger charge is -2.23. The number of hydrogen-bond acceptors (Lipinski definition) is 3. The van der Waals surface area contributed by atoms with Gasteiger partial charge in [-0.15, -0.1) is 0 Å². The number of nitrogens with zero attached hydrogens (tertiary/aromatic N) is 2. The summed E-state index contributed by atoms with van der Waals surface area (Å²) in [6, 6.07) is 21.6. The Balaban J connectivity index is 1.46. The second-order valence-corrected chi connectivity index (χ2v) is 7.78. The molecule has 1 aliphatic heterocycles. The number of nitrogens with one attached hydrogen (secondary N) is 1. The van der Waals surface area contributed by atoms with Gasteiger partial charge in [0.1, 0.15) is 5.82 Å². The van der Waals surface area contributed by atoms with E-state index in [4.69, 9.17) is 0 Å². The minimum atomic E-state index is -0.553. The molecule has 6 nitrogen and oxygen atoms in total. The van der Waals surface area contributed by atoms with Gasteiger partial charge in [-0.3, -0.25) is 14.4 Å². The van der Waals surface area contributed by atoms with E-state index in [9.17, 15) is 18.8 Å². The van der Waals surface area contributed by atoms with Crippen molar-refractivity contribution in [1.82, 2.24) is 9.80 Å². The normalized spacial score (nSPS) is 13.8. The zero-order chi connectivity index (χ0) is 23.2. The fourth-order valence-electron chi connectivity index (χ4n) is 3.86. The Morgan fingerprint density at radius 3 is 1.88 bits per heavy atom. The Kier molecular flexibility index (Phi) is 6.78. The molecule has 0 unspecified atom stereocenters. The number of rotatable bonds is 4. The van der Waals surface area contributed by atoms with E-state index in [1.807, 2.05) is 6.07 Å². The summed E-state index contributed by atoms with van der Waals surface area (Å²) in [6.45, 7) is 1.52. The van der Waals surface area contributed by atoms with Gasteiger partial charge in [0.2, 0.25) is 0 Å². The molecule has 1 fully saturated rings. The van der Waals surface area contributed by atoms with E-state index in [1.54, 1.807) is 70.5 Å². The fraction of sp³-hybridized carbons (Fsp3) is 0.192. The van der Waals surface area contributed by atoms with Crippen LogP contribution in [0.5, 0.6) is 0 Å². The van der Waals surface area contributed by atoms with Gasteiger partial charge in [0, 0.05) is 31.7 Å². The zero-order valence-electron chi connectivity index (χ0n) is 18.0. The lowest BCUT2D eigenvalue weighted by molar-refractivity contribution is 0.0716. The summed E-state index contributed by atoms with van der Waals surface area (Å²) < 4.78 is 14.0. The minimum Gasteiger partial charge on any atom is -0.337 e. The van der Waals surface area contributed by atoms with Crippen LogP contribution in [-0.4, -0.2) is 53.7 Å². The maximum atomic E-state index is 14.0. The van der Waals surface area contributed by atoms with Crippen molar-refractivity contribution < 1.29 is 18.8 Å². The molecular weight excluding hydrogens is 421 g/mol. The highest BCUT2D eigenvalue weighted by molar-refractivity contribution is 6.09. The van der Waals surface area contributed by atoms with E-state index in [2.05, 4.69) is 5.32 Å². The van der Waals surface area contributed by atoms with Crippen LogP contribution >= 0.6 is 0 Å². The molecule has 0 radical (unpaired) electrons. The van der Waals surface area contributed by atoms with Crippen LogP contribution in [0.1, 0.15) is 37.5 Å². The van der Waals surface area contributed by atoms with Crippen molar-refractivity contribution >= 4 is 23.4 Å². The Morgan fingerprint density at radius 2 is 1.21 bits per heavy atom. The van der Waals surface area contributed by atoms with Crippen LogP contribution in [-0.2, 0) is 0 Å². The lowest BCUT2D eigenvalue weighted by Crippen LogP contribution is -2.37. The summed E-state index contributed by atoms with van der Waals surface area (Å²) in [5, 5.41) is 2.82. The van der Waals surface area contributed by atoms with Crippen molar-refractivity contribution in [1.29, 1.82) is 0 Å². The van der Waals surface area contributed by atoms with Crippen molar-refractivity contribution in [2.45, 2.75) is 6.42 Å². The number of amides is 3. The van der Waals surface area contributed by atoms with Gasteiger partial charge in [-0.25, -0.2) is 4.39 Å². The summed E-state index contributed by atoms with van der Waals surface area (Å²) in [4.78, 5) is 41.9. The van der Waals surface area contributed by atoms with Crippen molar-refractivity contribution in [3.8, 4) is 0 Å². The van der Waals surface area contributed by atoms with Crippen LogP contribution in [0.25, 0.3) is 0 Å². The van der Waals surface area contributed by atoms with Crippen LogP contribution in [0.4, 0.5) is 10.1 Å². The first-order valence-corrected chi connectivity index (χ1v) is 10.8. The number of anilines is 1. The van der Waals surface area contributed by atoms with E-state index in [0.717, 1.165) is 0 Å². The van der Waals surface area contributed by atoms with E-state index < -0.39 is 5.82 Å². The molecule has 0 aromatic heterocycles. The van der Waals surface area contributed by atoms with Crippen molar-refractivity contribution in [2.75, 3.05) is 31.5 Å². The molecule has 0 atom stereocenters. The Morgan fingerprint density at radius 1 is 0.667 bits per heavy atom. The molecule has 0 spiro atoms.